The number of amides is 2. The smallest absolute Gasteiger partial charge is 0.332 e. The molecule has 2 aromatic rings. The molecule has 0 heterocycles. The Morgan fingerprint density at radius 2 is 2.10 bits per heavy atom. The van der Waals surface area contributed by atoms with Crippen molar-refractivity contribution in [1.29, 1.82) is 0 Å². The second-order valence-corrected chi connectivity index (χ2v) is 4.63. The molecular weight excluding hydrogens is 290 g/mol. The van der Waals surface area contributed by atoms with E-state index >= 15 is 0 Å². The number of hydrazone groups is 1. The van der Waals surface area contributed by atoms with E-state index in [2.05, 4.69) is 10.5 Å². The molecular formula is C15H14ClN3O2. The minimum atomic E-state index is -0.719. The van der Waals surface area contributed by atoms with E-state index in [0.29, 0.717) is 17.4 Å². The summed E-state index contributed by atoms with van der Waals surface area (Å²) < 4.78 is 5.74. The number of carbonyl (C=O) groups is 1. The molecule has 0 aliphatic heterocycles. The van der Waals surface area contributed by atoms with Crippen LogP contribution in [-0.2, 0) is 6.61 Å². The molecule has 0 atom stereocenters. The highest BCUT2D eigenvalue weighted by Crippen LogP contribution is 2.18. The van der Waals surface area contributed by atoms with Gasteiger partial charge in [-0.15, -0.1) is 0 Å². The van der Waals surface area contributed by atoms with Crippen LogP contribution in [0.5, 0.6) is 5.75 Å². The second-order valence-electron chi connectivity index (χ2n) is 4.19. The van der Waals surface area contributed by atoms with Gasteiger partial charge in [0, 0.05) is 10.6 Å². The molecule has 0 radical (unpaired) electrons. The first-order chi connectivity index (χ1) is 10.1. The van der Waals surface area contributed by atoms with Gasteiger partial charge in [-0.05, 0) is 29.8 Å². The lowest BCUT2D eigenvalue weighted by Crippen LogP contribution is -2.24. The molecule has 0 fully saturated rings. The molecule has 21 heavy (non-hydrogen) atoms. The van der Waals surface area contributed by atoms with Crippen LogP contribution in [-0.4, -0.2) is 12.2 Å². The van der Waals surface area contributed by atoms with Gasteiger partial charge in [-0.25, -0.2) is 10.2 Å². The van der Waals surface area contributed by atoms with Crippen LogP contribution in [0.15, 0.2) is 53.6 Å². The quantitative estimate of drug-likeness (QED) is 0.658. The van der Waals surface area contributed by atoms with Crippen LogP contribution >= 0.6 is 11.6 Å². The molecule has 0 aromatic heterocycles. The lowest BCUT2D eigenvalue weighted by Gasteiger charge is -2.09. The Morgan fingerprint density at radius 1 is 1.29 bits per heavy atom. The van der Waals surface area contributed by atoms with Gasteiger partial charge in [0.05, 0.1) is 6.21 Å². The monoisotopic (exact) mass is 303 g/mol. The van der Waals surface area contributed by atoms with Crippen molar-refractivity contribution in [3.05, 3.63) is 64.7 Å². The Morgan fingerprint density at radius 3 is 2.86 bits per heavy atom. The zero-order chi connectivity index (χ0) is 15.1. The normalized spacial score (nSPS) is 10.5. The number of ether oxygens (including phenoxy) is 1. The fourth-order valence-electron chi connectivity index (χ4n) is 1.67. The van der Waals surface area contributed by atoms with Crippen molar-refractivity contribution < 1.29 is 9.53 Å². The molecule has 0 saturated carbocycles. The van der Waals surface area contributed by atoms with Gasteiger partial charge in [-0.1, -0.05) is 35.9 Å². The van der Waals surface area contributed by atoms with Gasteiger partial charge in [-0.2, -0.15) is 5.10 Å². The predicted molar refractivity (Wildman–Crippen MR) is 82.5 cm³/mol. The standard InChI is InChI=1S/C15H14ClN3O2/c16-13-6-3-4-11(8-13)10-21-14-7-2-1-5-12(14)9-18-19-15(17)20/h1-9H,10H2,(H3,17,19,20)/b18-9+. The van der Waals surface area contributed by atoms with E-state index in [-0.39, 0.29) is 0 Å². The average molecular weight is 304 g/mol. The third-order valence-electron chi connectivity index (χ3n) is 2.58. The molecule has 2 amide bonds. The van der Waals surface area contributed by atoms with Gasteiger partial charge in [-0.3, -0.25) is 0 Å². The van der Waals surface area contributed by atoms with Gasteiger partial charge in [0.15, 0.2) is 0 Å². The number of rotatable bonds is 5. The average Bonchev–Trinajstić information content (AvgIpc) is 2.46. The van der Waals surface area contributed by atoms with Crippen molar-refractivity contribution in [1.82, 2.24) is 5.43 Å². The number of hydrogen-bond donors (Lipinski definition) is 2. The van der Waals surface area contributed by atoms with Crippen LogP contribution in [0.1, 0.15) is 11.1 Å². The number of urea groups is 1. The number of hydrogen-bond acceptors (Lipinski definition) is 3. The van der Waals surface area contributed by atoms with Crippen LogP contribution < -0.4 is 15.9 Å². The minimum Gasteiger partial charge on any atom is -0.488 e. The van der Waals surface area contributed by atoms with Crippen molar-refractivity contribution in [3.63, 3.8) is 0 Å². The topological polar surface area (TPSA) is 76.7 Å². The summed E-state index contributed by atoms with van der Waals surface area (Å²) in [7, 11) is 0. The van der Waals surface area contributed by atoms with Crippen LogP contribution in [0.3, 0.4) is 0 Å². The molecule has 0 saturated heterocycles. The first-order valence-electron chi connectivity index (χ1n) is 6.20. The first kappa shape index (κ1) is 14.9. The fourth-order valence-corrected chi connectivity index (χ4v) is 1.88. The van der Waals surface area contributed by atoms with E-state index < -0.39 is 6.03 Å². The number of carbonyl (C=O) groups excluding carboxylic acids is 1. The van der Waals surface area contributed by atoms with E-state index in [1.54, 1.807) is 6.07 Å². The van der Waals surface area contributed by atoms with Crippen LogP contribution in [0.2, 0.25) is 5.02 Å². The SMILES string of the molecule is NC(=O)N/N=C/c1ccccc1OCc1cccc(Cl)c1. The molecule has 108 valence electrons. The number of nitrogens with two attached hydrogens (primary N) is 1. The van der Waals surface area contributed by atoms with Crippen LogP contribution in [0, 0.1) is 0 Å². The van der Waals surface area contributed by atoms with E-state index in [9.17, 15) is 4.79 Å². The Kier molecular flexibility index (Phi) is 5.17. The van der Waals surface area contributed by atoms with Crippen LogP contribution in [0.25, 0.3) is 0 Å². The molecule has 2 rings (SSSR count). The summed E-state index contributed by atoms with van der Waals surface area (Å²) in [6, 6.07) is 14.1. The molecule has 0 spiro atoms. The largest absolute Gasteiger partial charge is 0.488 e. The highest BCUT2D eigenvalue weighted by atomic mass is 35.5. The van der Waals surface area contributed by atoms with Gasteiger partial charge >= 0.3 is 6.03 Å². The third kappa shape index (κ3) is 4.81. The number of benzene rings is 2. The maximum atomic E-state index is 10.6. The summed E-state index contributed by atoms with van der Waals surface area (Å²) in [6.45, 7) is 0.384. The summed E-state index contributed by atoms with van der Waals surface area (Å²) in [5, 5.41) is 4.38. The number of nitrogens with zero attached hydrogens (tertiary/aromatic N) is 1. The molecule has 0 aliphatic rings. The zero-order valence-electron chi connectivity index (χ0n) is 11.1. The Balaban J connectivity index is 2.06. The molecule has 0 unspecified atom stereocenters. The molecule has 0 aliphatic carbocycles. The van der Waals surface area contributed by atoms with Crippen molar-refractivity contribution in [2.75, 3.05) is 0 Å². The van der Waals surface area contributed by atoms with Gasteiger partial charge in [0.1, 0.15) is 12.4 Å². The van der Waals surface area contributed by atoms with Gasteiger partial charge in [0.2, 0.25) is 0 Å². The maximum Gasteiger partial charge on any atom is 0.332 e. The summed E-state index contributed by atoms with van der Waals surface area (Å²) in [6.07, 6.45) is 1.47. The Bertz CT molecular complexity index is 659. The molecule has 0 bridgehead atoms. The first-order valence-corrected chi connectivity index (χ1v) is 6.58. The number of halogens is 1. The predicted octanol–water partition coefficient (Wildman–Crippen LogP) is 2.92. The minimum absolute atomic E-state index is 0.384. The summed E-state index contributed by atoms with van der Waals surface area (Å²) in [5.41, 5.74) is 8.77. The summed E-state index contributed by atoms with van der Waals surface area (Å²) in [4.78, 5) is 10.6. The van der Waals surface area contributed by atoms with Crippen molar-refractivity contribution in [3.8, 4) is 5.75 Å². The van der Waals surface area contributed by atoms with Gasteiger partial charge < -0.3 is 10.5 Å². The molecule has 3 N–H and O–H groups in total. The molecule has 5 nitrogen and oxygen atoms in total. The van der Waals surface area contributed by atoms with Crippen molar-refractivity contribution in [2.45, 2.75) is 6.61 Å². The summed E-state index contributed by atoms with van der Waals surface area (Å²) >= 11 is 5.93. The molecule has 2 aromatic carbocycles. The maximum absolute atomic E-state index is 10.6. The number of nitrogens with one attached hydrogen (secondary N) is 1. The third-order valence-corrected chi connectivity index (χ3v) is 2.82. The lowest BCUT2D eigenvalue weighted by molar-refractivity contribution is 0.249. The van der Waals surface area contributed by atoms with Crippen molar-refractivity contribution >= 4 is 23.8 Å². The van der Waals surface area contributed by atoms with E-state index in [1.165, 1.54) is 6.21 Å². The van der Waals surface area contributed by atoms with E-state index in [1.807, 2.05) is 42.5 Å². The zero-order valence-corrected chi connectivity index (χ0v) is 11.9. The number of primary amides is 1. The number of para-hydroxylation sites is 1. The van der Waals surface area contributed by atoms with E-state index in [4.69, 9.17) is 22.1 Å². The van der Waals surface area contributed by atoms with Crippen molar-refractivity contribution in [2.24, 2.45) is 10.8 Å². The van der Waals surface area contributed by atoms with E-state index in [0.717, 1.165) is 11.1 Å². The Hall–Kier alpha value is -2.53. The summed E-state index contributed by atoms with van der Waals surface area (Å²) in [5.74, 6) is 0.646. The fraction of sp³-hybridized carbons (Fsp3) is 0.0667. The lowest BCUT2D eigenvalue weighted by atomic mass is 10.2. The Labute approximate surface area is 127 Å². The molecule has 6 heteroatoms. The second kappa shape index (κ2) is 7.31. The van der Waals surface area contributed by atoms with Gasteiger partial charge in [0.25, 0.3) is 0 Å². The highest BCUT2D eigenvalue weighted by Gasteiger charge is 2.02. The van der Waals surface area contributed by atoms with Crippen LogP contribution in [0.4, 0.5) is 4.79 Å². The highest BCUT2D eigenvalue weighted by molar-refractivity contribution is 6.30.